The van der Waals surface area contributed by atoms with Crippen molar-refractivity contribution in [1.29, 1.82) is 0 Å². The topological polar surface area (TPSA) is 58.5 Å². The molecule has 4 nitrogen and oxygen atoms in total. The lowest BCUT2D eigenvalue weighted by Crippen LogP contribution is -2.25. The van der Waals surface area contributed by atoms with Crippen LogP contribution in [0.4, 0.5) is 0 Å². The van der Waals surface area contributed by atoms with Crippen molar-refractivity contribution in [1.82, 2.24) is 5.32 Å². The molecule has 0 spiro atoms. The summed E-state index contributed by atoms with van der Waals surface area (Å²) in [5.74, 6) is 0. The van der Waals surface area contributed by atoms with Crippen molar-refractivity contribution in [3.8, 4) is 0 Å². The molecule has 0 aromatic heterocycles. The van der Waals surface area contributed by atoms with Crippen LogP contribution in [0.25, 0.3) is 0 Å². The summed E-state index contributed by atoms with van der Waals surface area (Å²) in [5.41, 5.74) is 0. The number of rotatable bonds is 6. The Morgan fingerprint density at radius 2 is 2.45 bits per heavy atom. The van der Waals surface area contributed by atoms with E-state index < -0.39 is 0 Å². The summed E-state index contributed by atoms with van der Waals surface area (Å²) in [6.07, 6.45) is 4.23. The predicted octanol–water partition coefficient (Wildman–Crippen LogP) is 0.585. The van der Waals surface area contributed by atoms with Crippen molar-refractivity contribution in [2.24, 2.45) is 4.99 Å². The van der Waals surface area contributed by atoms with Crippen LogP contribution in [-0.4, -0.2) is 18.7 Å². The van der Waals surface area contributed by atoms with Gasteiger partial charge in [0.25, 0.3) is 0 Å². The van der Waals surface area contributed by atoms with Gasteiger partial charge in [-0.05, 0) is 12.8 Å². The lowest BCUT2D eigenvalue weighted by molar-refractivity contribution is -0.110. The monoisotopic (exact) mass is 156 g/mol. The van der Waals surface area contributed by atoms with Crippen LogP contribution in [0.2, 0.25) is 0 Å². The van der Waals surface area contributed by atoms with Crippen molar-refractivity contribution in [3.05, 3.63) is 0 Å². The van der Waals surface area contributed by atoms with Gasteiger partial charge in [-0.15, -0.1) is 0 Å². The van der Waals surface area contributed by atoms with E-state index >= 15 is 0 Å². The molecule has 1 atom stereocenters. The summed E-state index contributed by atoms with van der Waals surface area (Å²) in [6.45, 7) is 2.03. The Balaban J connectivity index is 3.68. The van der Waals surface area contributed by atoms with E-state index in [1.54, 1.807) is 0 Å². The number of unbranched alkanes of at least 4 members (excludes halogenated alkanes) is 1. The zero-order valence-electron chi connectivity index (χ0n) is 6.54. The minimum Gasteiger partial charge on any atom is -0.336 e. The van der Waals surface area contributed by atoms with Crippen LogP contribution in [0.5, 0.6) is 0 Å². The molecule has 0 aromatic rings. The number of isocyanates is 1. The first-order chi connectivity index (χ1) is 5.35. The molecule has 0 aliphatic rings. The largest absolute Gasteiger partial charge is 0.336 e. The van der Waals surface area contributed by atoms with Gasteiger partial charge in [0.1, 0.15) is 6.17 Å². The van der Waals surface area contributed by atoms with Gasteiger partial charge < -0.3 is 5.32 Å². The number of carbonyl (C=O) groups excluding carboxylic acids is 2. The predicted molar refractivity (Wildman–Crippen MR) is 40.6 cm³/mol. The molecule has 4 heteroatoms. The van der Waals surface area contributed by atoms with Gasteiger partial charge in [-0.3, -0.25) is 4.79 Å². The molecule has 0 saturated carbocycles. The fourth-order valence-electron chi connectivity index (χ4n) is 0.725. The SMILES string of the molecule is CCCCC(N=C=O)NC=O. The van der Waals surface area contributed by atoms with Crippen LogP contribution in [-0.2, 0) is 9.59 Å². The molecule has 0 fully saturated rings. The molecule has 0 aromatic carbocycles. The zero-order chi connectivity index (χ0) is 8.53. The van der Waals surface area contributed by atoms with E-state index in [9.17, 15) is 9.59 Å². The molecule has 1 amide bonds. The first kappa shape index (κ1) is 9.85. The summed E-state index contributed by atoms with van der Waals surface area (Å²) in [5, 5.41) is 2.41. The van der Waals surface area contributed by atoms with Crippen molar-refractivity contribution in [2.75, 3.05) is 0 Å². The van der Waals surface area contributed by atoms with Gasteiger partial charge in [-0.1, -0.05) is 13.3 Å². The number of hydrogen-bond donors (Lipinski definition) is 1. The van der Waals surface area contributed by atoms with Gasteiger partial charge in [0.05, 0.1) is 0 Å². The fourth-order valence-corrected chi connectivity index (χ4v) is 0.725. The van der Waals surface area contributed by atoms with E-state index in [0.29, 0.717) is 12.8 Å². The minimum atomic E-state index is -0.384. The van der Waals surface area contributed by atoms with E-state index in [1.165, 1.54) is 6.08 Å². The summed E-state index contributed by atoms with van der Waals surface area (Å²) < 4.78 is 0. The standard InChI is InChI=1S/C7H12N2O2/c1-2-3-4-7(8-5-10)9-6-11/h5,7H,2-4H2,1H3,(H,8,10). The van der Waals surface area contributed by atoms with Gasteiger partial charge in [0.2, 0.25) is 12.5 Å². The lowest BCUT2D eigenvalue weighted by atomic mass is 10.2. The second kappa shape index (κ2) is 6.96. The average Bonchev–Trinajstić information content (AvgIpc) is 2.01. The Morgan fingerprint density at radius 3 is 2.91 bits per heavy atom. The molecule has 0 saturated heterocycles. The van der Waals surface area contributed by atoms with E-state index in [-0.39, 0.29) is 6.17 Å². The van der Waals surface area contributed by atoms with Crippen LogP contribution in [0.15, 0.2) is 4.99 Å². The van der Waals surface area contributed by atoms with Crippen molar-refractivity contribution in [2.45, 2.75) is 32.4 Å². The average molecular weight is 156 g/mol. The quantitative estimate of drug-likeness (QED) is 0.347. The Hall–Kier alpha value is -1.15. The Bertz CT molecular complexity index is 153. The van der Waals surface area contributed by atoms with E-state index in [0.717, 1.165) is 12.8 Å². The fraction of sp³-hybridized carbons (Fsp3) is 0.714. The van der Waals surface area contributed by atoms with Gasteiger partial charge in [0.15, 0.2) is 0 Å². The molecule has 1 unspecified atom stereocenters. The minimum absolute atomic E-state index is 0.384. The normalized spacial score (nSPS) is 11.4. The maximum Gasteiger partial charge on any atom is 0.237 e. The highest BCUT2D eigenvalue weighted by molar-refractivity contribution is 5.47. The molecular weight excluding hydrogens is 144 g/mol. The molecule has 1 N–H and O–H groups in total. The second-order valence-corrected chi connectivity index (χ2v) is 2.16. The van der Waals surface area contributed by atoms with Crippen LogP contribution >= 0.6 is 0 Å². The second-order valence-electron chi connectivity index (χ2n) is 2.16. The summed E-state index contributed by atoms with van der Waals surface area (Å²) >= 11 is 0. The number of carbonyl (C=O) groups is 1. The van der Waals surface area contributed by atoms with Crippen molar-refractivity contribution in [3.63, 3.8) is 0 Å². The maximum atomic E-state index is 9.95. The maximum absolute atomic E-state index is 9.95. The molecule has 62 valence electrons. The lowest BCUT2D eigenvalue weighted by Gasteiger charge is -2.06. The van der Waals surface area contributed by atoms with Gasteiger partial charge in [0, 0.05) is 0 Å². The third-order valence-electron chi connectivity index (χ3n) is 1.30. The van der Waals surface area contributed by atoms with Crippen LogP contribution in [0.1, 0.15) is 26.2 Å². The molecule has 0 rings (SSSR count). The van der Waals surface area contributed by atoms with E-state index in [2.05, 4.69) is 10.3 Å². The third kappa shape index (κ3) is 5.30. The molecular formula is C7H12N2O2. The highest BCUT2D eigenvalue weighted by atomic mass is 16.1. The van der Waals surface area contributed by atoms with Crippen molar-refractivity contribution >= 4 is 12.5 Å². The molecule has 0 aliphatic carbocycles. The van der Waals surface area contributed by atoms with Crippen LogP contribution in [0.3, 0.4) is 0 Å². The summed E-state index contributed by atoms with van der Waals surface area (Å²) in [6, 6.07) is 0. The van der Waals surface area contributed by atoms with Gasteiger partial charge in [-0.25, -0.2) is 4.79 Å². The smallest absolute Gasteiger partial charge is 0.237 e. The molecule has 0 heterocycles. The van der Waals surface area contributed by atoms with Crippen molar-refractivity contribution < 1.29 is 9.59 Å². The first-order valence-corrected chi connectivity index (χ1v) is 3.61. The first-order valence-electron chi connectivity index (χ1n) is 3.61. The highest BCUT2D eigenvalue weighted by Gasteiger charge is 2.01. The molecule has 11 heavy (non-hydrogen) atoms. The molecule has 0 aliphatic heterocycles. The van der Waals surface area contributed by atoms with E-state index in [4.69, 9.17) is 0 Å². The number of nitrogens with zero attached hydrogens (tertiary/aromatic N) is 1. The van der Waals surface area contributed by atoms with Crippen LogP contribution < -0.4 is 5.32 Å². The number of amides is 1. The number of nitrogens with one attached hydrogen (secondary N) is 1. The van der Waals surface area contributed by atoms with E-state index in [1.807, 2.05) is 6.92 Å². The molecule has 0 bridgehead atoms. The third-order valence-corrected chi connectivity index (χ3v) is 1.30. The Morgan fingerprint density at radius 1 is 1.73 bits per heavy atom. The highest BCUT2D eigenvalue weighted by Crippen LogP contribution is 1.99. The van der Waals surface area contributed by atoms with Crippen LogP contribution in [0, 0.1) is 0 Å². The Labute approximate surface area is 65.7 Å². The van der Waals surface area contributed by atoms with Gasteiger partial charge in [-0.2, -0.15) is 4.99 Å². The molecule has 0 radical (unpaired) electrons. The summed E-state index contributed by atoms with van der Waals surface area (Å²) in [4.78, 5) is 23.2. The number of hydrogen-bond acceptors (Lipinski definition) is 3. The van der Waals surface area contributed by atoms with Gasteiger partial charge >= 0.3 is 0 Å². The number of aliphatic imine (C=N–C) groups is 1. The zero-order valence-corrected chi connectivity index (χ0v) is 6.54. The summed E-state index contributed by atoms with van der Waals surface area (Å²) in [7, 11) is 0. The Kier molecular flexibility index (Phi) is 6.24.